The van der Waals surface area contributed by atoms with Gasteiger partial charge in [-0.1, -0.05) is 6.07 Å². The summed E-state index contributed by atoms with van der Waals surface area (Å²) in [5.74, 6) is 0.991. The van der Waals surface area contributed by atoms with Crippen LogP contribution < -0.4 is 5.32 Å². The van der Waals surface area contributed by atoms with Gasteiger partial charge in [-0.05, 0) is 17.9 Å². The van der Waals surface area contributed by atoms with Crippen molar-refractivity contribution < 1.29 is 9.59 Å². The van der Waals surface area contributed by atoms with Crippen molar-refractivity contribution in [3.63, 3.8) is 0 Å². The van der Waals surface area contributed by atoms with Crippen LogP contribution in [0.3, 0.4) is 0 Å². The Labute approximate surface area is 152 Å². The van der Waals surface area contributed by atoms with Gasteiger partial charge in [0.15, 0.2) is 5.96 Å². The normalized spacial score (nSPS) is 20.6. The maximum atomic E-state index is 11.9. The summed E-state index contributed by atoms with van der Waals surface area (Å²) < 4.78 is 0. The molecule has 2 aliphatic heterocycles. The number of likely N-dealkylation sites (N-methyl/N-ethyl adjacent to an activating group) is 1. The maximum Gasteiger partial charge on any atom is 0.243 e. The summed E-state index contributed by atoms with van der Waals surface area (Å²) in [7, 11) is 3.47. The molecule has 0 aliphatic carbocycles. The molecule has 2 amide bonds. The van der Waals surface area contributed by atoms with Crippen molar-refractivity contribution in [2.24, 2.45) is 4.99 Å². The number of piperazine rings is 1. The van der Waals surface area contributed by atoms with Gasteiger partial charge in [0, 0.05) is 51.1 Å². The molecule has 0 aromatic carbocycles. The zero-order chi connectivity index (χ0) is 17.8. The number of guanidine groups is 1. The van der Waals surface area contributed by atoms with Crippen LogP contribution in [0.2, 0.25) is 0 Å². The van der Waals surface area contributed by atoms with E-state index >= 15 is 0 Å². The average molecular weight is 363 g/mol. The third kappa shape index (κ3) is 4.31. The van der Waals surface area contributed by atoms with Crippen LogP contribution in [0.25, 0.3) is 0 Å². The van der Waals surface area contributed by atoms with Crippen LogP contribution >= 0.6 is 11.3 Å². The number of nitrogens with zero attached hydrogens (tertiary/aromatic N) is 4. The van der Waals surface area contributed by atoms with Gasteiger partial charge in [-0.15, -0.1) is 11.3 Å². The standard InChI is InChI=1S/C17H25N5O2S/c1-20(2)16(24)11-19-17(18-10-14-4-3-9-25-14)21-7-8-22-13(12-21)5-6-15(22)23/h3-4,9,13H,5-8,10-12H2,1-2H3,(H,18,19). The van der Waals surface area contributed by atoms with Crippen molar-refractivity contribution in [1.29, 1.82) is 0 Å². The Morgan fingerprint density at radius 3 is 3.00 bits per heavy atom. The second kappa shape index (κ2) is 7.86. The molecule has 136 valence electrons. The molecule has 3 rings (SSSR count). The highest BCUT2D eigenvalue weighted by molar-refractivity contribution is 7.09. The summed E-state index contributed by atoms with van der Waals surface area (Å²) in [4.78, 5) is 35.3. The summed E-state index contributed by atoms with van der Waals surface area (Å²) in [5, 5.41) is 5.44. The third-order valence-corrected chi connectivity index (χ3v) is 5.53. The molecule has 2 fully saturated rings. The smallest absolute Gasteiger partial charge is 0.243 e. The van der Waals surface area contributed by atoms with E-state index in [2.05, 4.69) is 21.3 Å². The van der Waals surface area contributed by atoms with Gasteiger partial charge in [0.05, 0.1) is 6.54 Å². The molecule has 25 heavy (non-hydrogen) atoms. The minimum atomic E-state index is -0.0231. The van der Waals surface area contributed by atoms with Gasteiger partial charge in [-0.3, -0.25) is 9.59 Å². The molecule has 1 N–H and O–H groups in total. The van der Waals surface area contributed by atoms with Gasteiger partial charge < -0.3 is 20.0 Å². The van der Waals surface area contributed by atoms with Gasteiger partial charge in [0.1, 0.15) is 6.54 Å². The Hall–Kier alpha value is -2.09. The molecule has 2 saturated heterocycles. The first-order valence-corrected chi connectivity index (χ1v) is 9.48. The molecule has 2 aliphatic rings. The molecular formula is C17H25N5O2S. The number of amides is 2. The quantitative estimate of drug-likeness (QED) is 0.628. The second-order valence-electron chi connectivity index (χ2n) is 6.59. The van der Waals surface area contributed by atoms with Crippen LogP contribution in [-0.2, 0) is 16.1 Å². The van der Waals surface area contributed by atoms with Gasteiger partial charge in [-0.25, -0.2) is 4.99 Å². The summed E-state index contributed by atoms with van der Waals surface area (Å²) in [6, 6.07) is 4.37. The Morgan fingerprint density at radius 2 is 2.28 bits per heavy atom. The first-order chi connectivity index (χ1) is 12.0. The SMILES string of the molecule is CN(C)C(=O)CN=C(NCc1cccs1)N1CCN2C(=O)CCC2C1. The topological polar surface area (TPSA) is 68.2 Å². The summed E-state index contributed by atoms with van der Waals surface area (Å²) in [6.45, 7) is 3.07. The van der Waals surface area contributed by atoms with Crippen molar-refractivity contribution >= 4 is 29.1 Å². The van der Waals surface area contributed by atoms with E-state index in [0.29, 0.717) is 13.0 Å². The highest BCUT2D eigenvalue weighted by atomic mass is 32.1. The van der Waals surface area contributed by atoms with Gasteiger partial charge >= 0.3 is 0 Å². The lowest BCUT2D eigenvalue weighted by Crippen LogP contribution is -2.56. The number of carbonyl (C=O) groups is 2. The van der Waals surface area contributed by atoms with Crippen molar-refractivity contribution in [3.8, 4) is 0 Å². The molecule has 1 unspecified atom stereocenters. The fourth-order valence-electron chi connectivity index (χ4n) is 3.19. The number of hydrogen-bond donors (Lipinski definition) is 1. The summed E-state index contributed by atoms with van der Waals surface area (Å²) >= 11 is 1.69. The number of aliphatic imine (C=N–C) groups is 1. The fraction of sp³-hybridized carbons (Fsp3) is 0.588. The van der Waals surface area contributed by atoms with Crippen LogP contribution in [0.5, 0.6) is 0 Å². The lowest BCUT2D eigenvalue weighted by atomic mass is 10.1. The number of thiophene rings is 1. The molecule has 1 atom stereocenters. The van der Waals surface area contributed by atoms with E-state index in [4.69, 9.17) is 0 Å². The molecule has 0 saturated carbocycles. The van der Waals surface area contributed by atoms with Crippen molar-refractivity contribution in [3.05, 3.63) is 22.4 Å². The zero-order valence-corrected chi connectivity index (χ0v) is 15.6. The Balaban J connectivity index is 1.67. The van der Waals surface area contributed by atoms with E-state index in [1.165, 1.54) is 4.88 Å². The molecule has 1 aromatic heterocycles. The molecule has 8 heteroatoms. The zero-order valence-electron chi connectivity index (χ0n) is 14.8. The number of carbonyl (C=O) groups excluding carboxylic acids is 2. The fourth-order valence-corrected chi connectivity index (χ4v) is 3.83. The van der Waals surface area contributed by atoms with Gasteiger partial charge in [0.25, 0.3) is 0 Å². The monoisotopic (exact) mass is 363 g/mol. The van der Waals surface area contributed by atoms with E-state index in [9.17, 15) is 9.59 Å². The lowest BCUT2D eigenvalue weighted by molar-refractivity contribution is -0.130. The molecule has 7 nitrogen and oxygen atoms in total. The van der Waals surface area contributed by atoms with E-state index in [0.717, 1.165) is 32.0 Å². The van der Waals surface area contributed by atoms with Crippen LogP contribution in [0.1, 0.15) is 17.7 Å². The van der Waals surface area contributed by atoms with E-state index in [1.807, 2.05) is 16.3 Å². The number of hydrogen-bond acceptors (Lipinski definition) is 4. The summed E-state index contributed by atoms with van der Waals surface area (Å²) in [5.41, 5.74) is 0. The Morgan fingerprint density at radius 1 is 1.44 bits per heavy atom. The molecular weight excluding hydrogens is 338 g/mol. The van der Waals surface area contributed by atoms with E-state index in [1.54, 1.807) is 30.3 Å². The van der Waals surface area contributed by atoms with Crippen molar-refractivity contribution in [2.45, 2.75) is 25.4 Å². The van der Waals surface area contributed by atoms with Gasteiger partial charge in [0.2, 0.25) is 11.8 Å². The van der Waals surface area contributed by atoms with Crippen molar-refractivity contribution in [2.75, 3.05) is 40.3 Å². The molecule has 1 aromatic rings. The van der Waals surface area contributed by atoms with E-state index < -0.39 is 0 Å². The highest BCUT2D eigenvalue weighted by Gasteiger charge is 2.36. The Kier molecular flexibility index (Phi) is 5.57. The van der Waals surface area contributed by atoms with Crippen LogP contribution in [-0.4, -0.2) is 78.8 Å². The predicted octanol–water partition coefficient (Wildman–Crippen LogP) is 0.588. The van der Waals surface area contributed by atoms with E-state index in [-0.39, 0.29) is 24.4 Å². The molecule has 3 heterocycles. The van der Waals surface area contributed by atoms with Crippen molar-refractivity contribution in [1.82, 2.24) is 20.0 Å². The van der Waals surface area contributed by atoms with Crippen LogP contribution in [0.4, 0.5) is 0 Å². The first kappa shape index (κ1) is 17.7. The third-order valence-electron chi connectivity index (χ3n) is 4.66. The largest absolute Gasteiger partial charge is 0.351 e. The maximum absolute atomic E-state index is 11.9. The Bertz CT molecular complexity index is 643. The molecule has 0 radical (unpaired) electrons. The van der Waals surface area contributed by atoms with Gasteiger partial charge in [-0.2, -0.15) is 0 Å². The van der Waals surface area contributed by atoms with Crippen LogP contribution in [0, 0.1) is 0 Å². The number of fused-ring (bicyclic) bond motifs is 1. The minimum Gasteiger partial charge on any atom is -0.351 e. The van der Waals surface area contributed by atoms with Crippen LogP contribution in [0.15, 0.2) is 22.5 Å². The molecule has 0 bridgehead atoms. The highest BCUT2D eigenvalue weighted by Crippen LogP contribution is 2.23. The average Bonchev–Trinajstić information content (AvgIpc) is 3.24. The lowest BCUT2D eigenvalue weighted by Gasteiger charge is -2.39. The molecule has 0 spiro atoms. The predicted molar refractivity (Wildman–Crippen MR) is 98.5 cm³/mol. The first-order valence-electron chi connectivity index (χ1n) is 8.60. The number of nitrogens with one attached hydrogen (secondary N) is 1. The minimum absolute atomic E-state index is 0.0231. The number of rotatable bonds is 4. The summed E-state index contributed by atoms with van der Waals surface area (Å²) in [6.07, 6.45) is 1.55. The second-order valence-corrected chi connectivity index (χ2v) is 7.62.